The van der Waals surface area contributed by atoms with Crippen LogP contribution in [0.5, 0.6) is 0 Å². The zero-order valence-corrected chi connectivity index (χ0v) is 13.2. The third-order valence-corrected chi connectivity index (χ3v) is 4.14. The van der Waals surface area contributed by atoms with Gasteiger partial charge in [-0.2, -0.15) is 0 Å². The first-order valence-corrected chi connectivity index (χ1v) is 7.29. The summed E-state index contributed by atoms with van der Waals surface area (Å²) in [6.07, 6.45) is 7.03. The monoisotopic (exact) mass is 311 g/mol. The molecule has 1 fully saturated rings. The van der Waals surface area contributed by atoms with Crippen LogP contribution in [-0.4, -0.2) is 16.0 Å². The molecule has 0 spiro atoms. The van der Waals surface area contributed by atoms with Crippen molar-refractivity contribution in [1.29, 1.82) is 0 Å². The van der Waals surface area contributed by atoms with E-state index in [1.807, 2.05) is 0 Å². The van der Waals surface area contributed by atoms with E-state index in [0.29, 0.717) is 16.9 Å². The van der Waals surface area contributed by atoms with Crippen molar-refractivity contribution in [2.24, 2.45) is 10.8 Å². The Morgan fingerprint density at radius 1 is 1.22 bits per heavy atom. The van der Waals surface area contributed by atoms with Gasteiger partial charge in [0.2, 0.25) is 0 Å². The summed E-state index contributed by atoms with van der Waals surface area (Å²) in [6.45, 7) is 9.43. The molecule has 0 radical (unpaired) electrons. The zero-order valence-electron chi connectivity index (χ0n) is 11.6. The maximum absolute atomic E-state index is 4.30. The fraction of sp³-hybridized carbons (Fsp3) is 0.714. The van der Waals surface area contributed by atoms with Crippen molar-refractivity contribution in [2.75, 3.05) is 5.32 Å². The zero-order chi connectivity index (χ0) is 13.4. The first-order valence-electron chi connectivity index (χ1n) is 6.50. The molecule has 1 N–H and O–H groups in total. The average Bonchev–Trinajstić information content (AvgIpc) is 2.16. The Bertz CT molecular complexity index is 413. The van der Waals surface area contributed by atoms with E-state index in [2.05, 4.69) is 58.9 Å². The van der Waals surface area contributed by atoms with Crippen LogP contribution in [0.25, 0.3) is 0 Å². The van der Waals surface area contributed by atoms with Crippen LogP contribution in [0.2, 0.25) is 0 Å². The summed E-state index contributed by atoms with van der Waals surface area (Å²) in [5.74, 6) is 0.906. The van der Waals surface area contributed by atoms with Gasteiger partial charge in [0, 0.05) is 12.2 Å². The lowest BCUT2D eigenvalue weighted by Crippen LogP contribution is -2.40. The van der Waals surface area contributed by atoms with Gasteiger partial charge in [-0.25, -0.2) is 9.97 Å². The summed E-state index contributed by atoms with van der Waals surface area (Å²) in [4.78, 5) is 8.30. The molecule has 1 heterocycles. The van der Waals surface area contributed by atoms with Gasteiger partial charge < -0.3 is 5.32 Å². The molecule has 0 saturated heterocycles. The molecule has 3 nitrogen and oxygen atoms in total. The number of hydrogen-bond donors (Lipinski definition) is 1. The first-order chi connectivity index (χ1) is 8.27. The normalized spacial score (nSPS) is 22.7. The lowest BCUT2D eigenvalue weighted by Gasteiger charge is -2.45. The Balaban J connectivity index is 2.12. The molecule has 1 aromatic heterocycles. The van der Waals surface area contributed by atoms with Gasteiger partial charge in [0.25, 0.3) is 0 Å². The Hall–Kier alpha value is -0.640. The van der Waals surface area contributed by atoms with Gasteiger partial charge in [-0.05, 0) is 46.0 Å². The van der Waals surface area contributed by atoms with Crippen molar-refractivity contribution in [3.8, 4) is 0 Å². The molecule has 0 aromatic carbocycles. The molecular formula is C14H22BrN3. The summed E-state index contributed by atoms with van der Waals surface area (Å²) >= 11 is 3.49. The number of nitrogens with zero attached hydrogens (tertiary/aromatic N) is 2. The van der Waals surface area contributed by atoms with E-state index >= 15 is 0 Å². The van der Waals surface area contributed by atoms with Crippen LogP contribution in [-0.2, 0) is 0 Å². The highest BCUT2D eigenvalue weighted by atomic mass is 79.9. The van der Waals surface area contributed by atoms with Crippen LogP contribution in [0.3, 0.4) is 0 Å². The summed E-state index contributed by atoms with van der Waals surface area (Å²) in [6, 6.07) is 0.481. The van der Waals surface area contributed by atoms with Gasteiger partial charge >= 0.3 is 0 Å². The Kier molecular flexibility index (Phi) is 3.67. The summed E-state index contributed by atoms with van der Waals surface area (Å²) < 4.78 is 0.936. The van der Waals surface area contributed by atoms with Crippen LogP contribution >= 0.6 is 15.9 Å². The second kappa shape index (κ2) is 4.80. The molecule has 2 rings (SSSR count). The van der Waals surface area contributed by atoms with Gasteiger partial charge in [0.15, 0.2) is 0 Å². The van der Waals surface area contributed by atoms with Gasteiger partial charge in [0.05, 0.1) is 4.47 Å². The molecule has 18 heavy (non-hydrogen) atoms. The van der Waals surface area contributed by atoms with Crippen molar-refractivity contribution in [2.45, 2.75) is 53.0 Å². The maximum Gasteiger partial charge on any atom is 0.143 e. The fourth-order valence-electron chi connectivity index (χ4n) is 3.56. The molecule has 4 heteroatoms. The van der Waals surface area contributed by atoms with E-state index in [0.717, 1.165) is 10.3 Å². The molecule has 0 bridgehead atoms. The number of halogens is 1. The molecule has 0 amide bonds. The van der Waals surface area contributed by atoms with Crippen molar-refractivity contribution in [1.82, 2.24) is 9.97 Å². The van der Waals surface area contributed by atoms with Gasteiger partial charge in [0.1, 0.15) is 12.1 Å². The van der Waals surface area contributed by atoms with Crippen LogP contribution in [0.4, 0.5) is 5.82 Å². The van der Waals surface area contributed by atoms with E-state index < -0.39 is 0 Å². The predicted molar refractivity (Wildman–Crippen MR) is 78.6 cm³/mol. The van der Waals surface area contributed by atoms with E-state index in [1.54, 1.807) is 12.5 Å². The maximum atomic E-state index is 4.30. The number of hydrogen-bond acceptors (Lipinski definition) is 3. The highest BCUT2D eigenvalue weighted by Crippen LogP contribution is 2.46. The molecule has 0 unspecified atom stereocenters. The first kappa shape index (κ1) is 13.8. The lowest BCUT2D eigenvalue weighted by atomic mass is 9.63. The average molecular weight is 312 g/mol. The molecule has 1 aromatic rings. The SMILES string of the molecule is CC1(C)CC(Nc2ncncc2Br)CC(C)(C)C1. The van der Waals surface area contributed by atoms with E-state index in [1.165, 1.54) is 19.3 Å². The Labute approximate surface area is 118 Å². The van der Waals surface area contributed by atoms with Crippen LogP contribution < -0.4 is 5.32 Å². The minimum atomic E-state index is 0.388. The molecule has 0 atom stereocenters. The van der Waals surface area contributed by atoms with Crippen LogP contribution in [0.15, 0.2) is 17.0 Å². The highest BCUT2D eigenvalue weighted by molar-refractivity contribution is 9.10. The second-order valence-corrected chi connectivity index (χ2v) is 7.83. The van der Waals surface area contributed by atoms with E-state index in [4.69, 9.17) is 0 Å². The van der Waals surface area contributed by atoms with Crippen molar-refractivity contribution in [3.05, 3.63) is 17.0 Å². The molecular weight excluding hydrogens is 290 g/mol. The Morgan fingerprint density at radius 2 is 1.83 bits per heavy atom. The molecule has 1 aliphatic carbocycles. The molecule has 0 aliphatic heterocycles. The number of anilines is 1. The summed E-state index contributed by atoms with van der Waals surface area (Å²) in [5.41, 5.74) is 0.776. The third kappa shape index (κ3) is 3.44. The standard InChI is InChI=1S/C14H22BrN3/c1-13(2)5-10(6-14(3,4)8-13)18-12-11(15)7-16-9-17-12/h7,9-10H,5-6,8H2,1-4H3,(H,16,17,18). The van der Waals surface area contributed by atoms with E-state index in [-0.39, 0.29) is 0 Å². The number of nitrogens with one attached hydrogen (secondary N) is 1. The minimum Gasteiger partial charge on any atom is -0.366 e. The molecule has 1 aliphatic rings. The van der Waals surface area contributed by atoms with E-state index in [9.17, 15) is 0 Å². The van der Waals surface area contributed by atoms with Gasteiger partial charge in [-0.1, -0.05) is 27.7 Å². The van der Waals surface area contributed by atoms with Crippen molar-refractivity contribution in [3.63, 3.8) is 0 Å². The van der Waals surface area contributed by atoms with Crippen molar-refractivity contribution >= 4 is 21.7 Å². The molecule has 1 saturated carbocycles. The third-order valence-electron chi connectivity index (χ3n) is 3.56. The quantitative estimate of drug-likeness (QED) is 0.887. The summed E-state index contributed by atoms with van der Waals surface area (Å²) in [7, 11) is 0. The smallest absolute Gasteiger partial charge is 0.143 e. The molecule has 100 valence electrons. The topological polar surface area (TPSA) is 37.8 Å². The van der Waals surface area contributed by atoms with Gasteiger partial charge in [-0.3, -0.25) is 0 Å². The largest absolute Gasteiger partial charge is 0.366 e. The van der Waals surface area contributed by atoms with Crippen LogP contribution in [0, 0.1) is 10.8 Å². The minimum absolute atomic E-state index is 0.388. The second-order valence-electron chi connectivity index (χ2n) is 6.97. The van der Waals surface area contributed by atoms with Crippen molar-refractivity contribution < 1.29 is 0 Å². The number of rotatable bonds is 2. The predicted octanol–water partition coefficient (Wildman–Crippen LogP) is 4.26. The fourth-order valence-corrected chi connectivity index (χ4v) is 3.90. The van der Waals surface area contributed by atoms with Crippen LogP contribution in [0.1, 0.15) is 47.0 Å². The summed E-state index contributed by atoms with van der Waals surface area (Å²) in [5, 5.41) is 3.56. The highest BCUT2D eigenvalue weighted by Gasteiger charge is 2.38. The van der Waals surface area contributed by atoms with Gasteiger partial charge in [-0.15, -0.1) is 0 Å². The number of aromatic nitrogens is 2. The lowest BCUT2D eigenvalue weighted by molar-refractivity contribution is 0.105. The Morgan fingerprint density at radius 3 is 2.39 bits per heavy atom.